The van der Waals surface area contributed by atoms with E-state index in [1.807, 2.05) is 0 Å². The lowest BCUT2D eigenvalue weighted by atomic mass is 9.85. The van der Waals surface area contributed by atoms with Crippen LogP contribution in [0.2, 0.25) is 0 Å². The first-order chi connectivity index (χ1) is 9.66. The van der Waals surface area contributed by atoms with E-state index in [9.17, 15) is 4.79 Å². The van der Waals surface area contributed by atoms with E-state index < -0.39 is 0 Å². The van der Waals surface area contributed by atoms with Crippen molar-refractivity contribution in [3.63, 3.8) is 0 Å². The molecule has 1 saturated carbocycles. The molecule has 4 nitrogen and oxygen atoms in total. The number of carbonyl (C=O) groups excluding carboxylic acids is 1. The van der Waals surface area contributed by atoms with Gasteiger partial charge >= 0.3 is 0 Å². The lowest BCUT2D eigenvalue weighted by Gasteiger charge is -2.24. The van der Waals surface area contributed by atoms with Gasteiger partial charge in [0.15, 0.2) is 0 Å². The summed E-state index contributed by atoms with van der Waals surface area (Å²) in [5, 5.41) is 6.50. The van der Waals surface area contributed by atoms with E-state index in [-0.39, 0.29) is 24.4 Å². The Morgan fingerprint density at radius 1 is 1.29 bits per heavy atom. The van der Waals surface area contributed by atoms with Crippen molar-refractivity contribution >= 4 is 18.3 Å². The highest BCUT2D eigenvalue weighted by Gasteiger charge is 2.37. The fourth-order valence-electron chi connectivity index (χ4n) is 3.31. The van der Waals surface area contributed by atoms with Crippen LogP contribution in [0.4, 0.5) is 0 Å². The van der Waals surface area contributed by atoms with Crippen LogP contribution in [0, 0.1) is 11.8 Å². The number of nitrogens with one attached hydrogen (secondary N) is 2. The lowest BCUT2D eigenvalue weighted by Crippen LogP contribution is -2.44. The zero-order valence-electron chi connectivity index (χ0n) is 13.4. The van der Waals surface area contributed by atoms with Gasteiger partial charge in [0.2, 0.25) is 5.91 Å². The molecule has 21 heavy (non-hydrogen) atoms. The van der Waals surface area contributed by atoms with E-state index in [2.05, 4.69) is 24.5 Å². The van der Waals surface area contributed by atoms with Crippen molar-refractivity contribution in [2.75, 3.05) is 19.8 Å². The molecule has 0 bridgehead atoms. The number of halogens is 1. The quantitative estimate of drug-likeness (QED) is 0.709. The van der Waals surface area contributed by atoms with Gasteiger partial charge in [0.1, 0.15) is 0 Å². The Morgan fingerprint density at radius 3 is 2.76 bits per heavy atom. The van der Waals surface area contributed by atoms with Gasteiger partial charge in [0.05, 0.1) is 12.6 Å². The fourth-order valence-corrected chi connectivity index (χ4v) is 3.31. The van der Waals surface area contributed by atoms with Crippen LogP contribution in [0.15, 0.2) is 0 Å². The van der Waals surface area contributed by atoms with Gasteiger partial charge < -0.3 is 15.4 Å². The molecule has 1 saturated heterocycles. The highest BCUT2D eigenvalue weighted by atomic mass is 35.5. The van der Waals surface area contributed by atoms with Gasteiger partial charge in [0, 0.05) is 19.2 Å². The molecule has 1 amide bonds. The summed E-state index contributed by atoms with van der Waals surface area (Å²) in [4.78, 5) is 12.1. The Balaban J connectivity index is 0.00000220. The molecular formula is C16H31ClN2O2. The fraction of sp³-hybridized carbons (Fsp3) is 0.938. The van der Waals surface area contributed by atoms with Crippen LogP contribution in [0.5, 0.6) is 0 Å². The molecule has 1 heterocycles. The molecule has 0 aromatic carbocycles. The number of carbonyl (C=O) groups is 1. The Hall–Kier alpha value is -0.320. The summed E-state index contributed by atoms with van der Waals surface area (Å²) in [5.41, 5.74) is 0. The van der Waals surface area contributed by atoms with Crippen molar-refractivity contribution in [3.05, 3.63) is 0 Å². The van der Waals surface area contributed by atoms with E-state index in [0.29, 0.717) is 25.1 Å². The molecule has 1 aliphatic heterocycles. The van der Waals surface area contributed by atoms with Crippen LogP contribution in [0.25, 0.3) is 0 Å². The molecule has 0 aromatic heterocycles. The minimum Gasteiger partial charge on any atom is -0.380 e. The molecule has 2 rings (SSSR count). The SMILES string of the molecule is CC(C)CCOCCNC(=O)C1CC2CCCCC2N1.Cl. The molecule has 0 aromatic rings. The number of hydrogen-bond acceptors (Lipinski definition) is 3. The van der Waals surface area contributed by atoms with E-state index in [1.165, 1.54) is 25.7 Å². The molecule has 2 aliphatic rings. The summed E-state index contributed by atoms with van der Waals surface area (Å²) >= 11 is 0. The first-order valence-electron chi connectivity index (χ1n) is 8.28. The first kappa shape index (κ1) is 18.7. The van der Waals surface area contributed by atoms with Gasteiger partial charge in [-0.15, -0.1) is 12.4 Å². The third-order valence-electron chi connectivity index (χ3n) is 4.56. The lowest BCUT2D eigenvalue weighted by molar-refractivity contribution is -0.123. The minimum atomic E-state index is 0. The average Bonchev–Trinajstić information content (AvgIpc) is 2.86. The Bertz CT molecular complexity index is 299. The summed E-state index contributed by atoms with van der Waals surface area (Å²) in [7, 11) is 0. The molecule has 2 fully saturated rings. The second kappa shape index (κ2) is 9.65. The molecule has 124 valence electrons. The van der Waals surface area contributed by atoms with Crippen LogP contribution in [-0.2, 0) is 9.53 Å². The summed E-state index contributed by atoms with van der Waals surface area (Å²) in [5.74, 6) is 1.56. The number of rotatable bonds is 7. The van der Waals surface area contributed by atoms with Gasteiger partial charge in [-0.3, -0.25) is 4.79 Å². The van der Waals surface area contributed by atoms with Crippen LogP contribution in [0.1, 0.15) is 52.4 Å². The molecule has 1 aliphatic carbocycles. The monoisotopic (exact) mass is 318 g/mol. The largest absolute Gasteiger partial charge is 0.380 e. The average molecular weight is 319 g/mol. The summed E-state index contributed by atoms with van der Waals surface area (Å²) in [6.45, 7) is 6.43. The van der Waals surface area contributed by atoms with E-state index in [1.54, 1.807) is 0 Å². The zero-order chi connectivity index (χ0) is 14.4. The van der Waals surface area contributed by atoms with Gasteiger partial charge in [-0.05, 0) is 37.5 Å². The first-order valence-corrected chi connectivity index (χ1v) is 8.28. The molecule has 2 N–H and O–H groups in total. The third-order valence-corrected chi connectivity index (χ3v) is 4.56. The minimum absolute atomic E-state index is 0. The maximum absolute atomic E-state index is 12.1. The highest BCUT2D eigenvalue weighted by molar-refractivity contribution is 5.85. The second-order valence-electron chi connectivity index (χ2n) is 6.69. The summed E-state index contributed by atoms with van der Waals surface area (Å²) in [6.07, 6.45) is 7.28. The van der Waals surface area contributed by atoms with Crippen molar-refractivity contribution in [1.29, 1.82) is 0 Å². The number of hydrogen-bond donors (Lipinski definition) is 2. The van der Waals surface area contributed by atoms with Crippen molar-refractivity contribution < 1.29 is 9.53 Å². The molecule has 5 heteroatoms. The van der Waals surface area contributed by atoms with Crippen molar-refractivity contribution in [3.8, 4) is 0 Å². The van der Waals surface area contributed by atoms with Gasteiger partial charge in [-0.1, -0.05) is 26.7 Å². The summed E-state index contributed by atoms with van der Waals surface area (Å²) < 4.78 is 5.52. The van der Waals surface area contributed by atoms with E-state index in [4.69, 9.17) is 4.74 Å². The Labute approximate surface area is 135 Å². The van der Waals surface area contributed by atoms with Crippen molar-refractivity contribution in [1.82, 2.24) is 10.6 Å². The number of amides is 1. The normalized spacial score (nSPS) is 28.0. The van der Waals surface area contributed by atoms with Gasteiger partial charge in [0.25, 0.3) is 0 Å². The zero-order valence-corrected chi connectivity index (χ0v) is 14.2. The molecule has 0 radical (unpaired) electrons. The number of fused-ring (bicyclic) bond motifs is 1. The Kier molecular flexibility index (Phi) is 8.60. The van der Waals surface area contributed by atoms with Crippen molar-refractivity contribution in [2.45, 2.75) is 64.5 Å². The van der Waals surface area contributed by atoms with E-state index in [0.717, 1.165) is 25.4 Å². The van der Waals surface area contributed by atoms with Gasteiger partial charge in [-0.25, -0.2) is 0 Å². The smallest absolute Gasteiger partial charge is 0.237 e. The highest BCUT2D eigenvalue weighted by Crippen LogP contribution is 2.33. The molecule has 3 unspecified atom stereocenters. The maximum Gasteiger partial charge on any atom is 0.237 e. The van der Waals surface area contributed by atoms with Crippen LogP contribution in [0.3, 0.4) is 0 Å². The standard InChI is InChI=1S/C16H30N2O2.ClH/c1-12(2)7-9-20-10-8-17-16(19)15-11-13-5-3-4-6-14(13)18-15;/h12-15,18H,3-11H2,1-2H3,(H,17,19);1H. The molecule has 3 atom stereocenters. The van der Waals surface area contributed by atoms with Gasteiger partial charge in [-0.2, -0.15) is 0 Å². The van der Waals surface area contributed by atoms with Crippen LogP contribution >= 0.6 is 12.4 Å². The predicted octanol–water partition coefficient (Wildman–Crippen LogP) is 2.51. The predicted molar refractivity (Wildman–Crippen MR) is 87.8 cm³/mol. The number of ether oxygens (including phenoxy) is 1. The van der Waals surface area contributed by atoms with Crippen LogP contribution in [-0.4, -0.2) is 37.7 Å². The van der Waals surface area contributed by atoms with Crippen LogP contribution < -0.4 is 10.6 Å². The maximum atomic E-state index is 12.1. The second-order valence-corrected chi connectivity index (χ2v) is 6.69. The molecule has 0 spiro atoms. The Morgan fingerprint density at radius 2 is 2.05 bits per heavy atom. The summed E-state index contributed by atoms with van der Waals surface area (Å²) in [6, 6.07) is 0.612. The van der Waals surface area contributed by atoms with Crippen molar-refractivity contribution in [2.24, 2.45) is 11.8 Å². The topological polar surface area (TPSA) is 50.4 Å². The van der Waals surface area contributed by atoms with E-state index >= 15 is 0 Å². The molecular weight excluding hydrogens is 288 g/mol. The third kappa shape index (κ3) is 6.13.